The molecule has 4 nitrogen and oxygen atoms in total. The Kier molecular flexibility index (Phi) is 7.49. The van der Waals surface area contributed by atoms with Gasteiger partial charge in [-0.15, -0.1) is 0 Å². The molecule has 1 fully saturated rings. The number of hydrogen-bond acceptors (Lipinski definition) is 3. The van der Waals surface area contributed by atoms with Gasteiger partial charge in [-0.05, 0) is 62.5 Å². The smallest absolute Gasteiger partial charge is 0.261 e. The molecule has 4 heteroatoms. The molecule has 0 aromatic heterocycles. The maximum Gasteiger partial charge on any atom is 0.261 e. The zero-order chi connectivity index (χ0) is 19.8. The quantitative estimate of drug-likeness (QED) is 0.735. The van der Waals surface area contributed by atoms with Crippen LogP contribution in [0.3, 0.4) is 0 Å². The minimum absolute atomic E-state index is 0.0690. The molecule has 1 amide bonds. The van der Waals surface area contributed by atoms with Crippen molar-refractivity contribution in [2.75, 3.05) is 13.1 Å². The van der Waals surface area contributed by atoms with Crippen LogP contribution in [-0.4, -0.2) is 30.0 Å². The monoisotopic (exact) mass is 380 g/mol. The normalized spacial score (nSPS) is 15.8. The second kappa shape index (κ2) is 10.3. The van der Waals surface area contributed by atoms with E-state index in [0.29, 0.717) is 13.0 Å². The van der Waals surface area contributed by atoms with Crippen LogP contribution in [0.15, 0.2) is 48.5 Å². The molecule has 2 aromatic rings. The second-order valence-electron chi connectivity index (χ2n) is 7.70. The van der Waals surface area contributed by atoms with Crippen LogP contribution in [-0.2, 0) is 17.9 Å². The molecule has 1 aliphatic heterocycles. The van der Waals surface area contributed by atoms with Crippen LogP contribution >= 0.6 is 0 Å². The van der Waals surface area contributed by atoms with Crippen LogP contribution in [0.2, 0.25) is 0 Å². The largest absolute Gasteiger partial charge is 0.481 e. The number of aryl methyl sites for hydroxylation is 1. The minimum Gasteiger partial charge on any atom is -0.481 e. The number of amides is 1. The molecule has 0 bridgehead atoms. The highest BCUT2D eigenvalue weighted by atomic mass is 16.5. The molecule has 28 heavy (non-hydrogen) atoms. The van der Waals surface area contributed by atoms with Crippen molar-refractivity contribution < 1.29 is 9.53 Å². The first-order chi connectivity index (χ1) is 13.6. The summed E-state index contributed by atoms with van der Waals surface area (Å²) in [4.78, 5) is 15.0. The molecule has 1 N–H and O–H groups in total. The predicted molar refractivity (Wildman–Crippen MR) is 113 cm³/mol. The third kappa shape index (κ3) is 6.10. The molecular formula is C24H32N2O2. The number of carbonyl (C=O) groups is 1. The van der Waals surface area contributed by atoms with Crippen LogP contribution in [0.1, 0.15) is 49.3 Å². The summed E-state index contributed by atoms with van der Waals surface area (Å²) in [6, 6.07) is 16.4. The lowest BCUT2D eigenvalue weighted by Gasteiger charge is -2.26. The Balaban J connectivity index is 1.47. The van der Waals surface area contributed by atoms with Crippen LogP contribution in [0.4, 0.5) is 0 Å². The molecule has 0 spiro atoms. The molecule has 1 saturated heterocycles. The molecule has 3 rings (SSSR count). The van der Waals surface area contributed by atoms with Crippen LogP contribution in [0.25, 0.3) is 0 Å². The Morgan fingerprint density at radius 2 is 1.64 bits per heavy atom. The molecule has 1 heterocycles. The van der Waals surface area contributed by atoms with Gasteiger partial charge in [0, 0.05) is 13.1 Å². The average Bonchev–Trinajstić information content (AvgIpc) is 2.73. The summed E-state index contributed by atoms with van der Waals surface area (Å²) in [5.41, 5.74) is 3.63. The Labute approximate surface area is 168 Å². The third-order valence-electron chi connectivity index (χ3n) is 5.31. The Bertz CT molecular complexity index is 734. The van der Waals surface area contributed by atoms with Gasteiger partial charge in [0.1, 0.15) is 5.75 Å². The zero-order valence-electron chi connectivity index (χ0n) is 17.1. The van der Waals surface area contributed by atoms with Gasteiger partial charge in [0.15, 0.2) is 6.10 Å². The standard InChI is InChI=1S/C24H32N2O2/c1-3-23(28-22-13-7-19(2)8-14-22)24(27)25-17-20-9-11-21(12-10-20)18-26-15-5-4-6-16-26/h7-14,23H,3-6,15-18H2,1-2H3,(H,25,27)/t23-/m1/s1. The fourth-order valence-electron chi connectivity index (χ4n) is 3.54. The van der Waals surface area contributed by atoms with Crippen molar-refractivity contribution in [2.24, 2.45) is 0 Å². The van der Waals surface area contributed by atoms with E-state index in [4.69, 9.17) is 4.74 Å². The van der Waals surface area contributed by atoms with Crippen molar-refractivity contribution in [2.45, 2.75) is 58.7 Å². The molecule has 2 aromatic carbocycles. The summed E-state index contributed by atoms with van der Waals surface area (Å²) in [7, 11) is 0. The van der Waals surface area contributed by atoms with Crippen molar-refractivity contribution in [3.8, 4) is 5.75 Å². The predicted octanol–water partition coefficient (Wildman–Crippen LogP) is 4.45. The summed E-state index contributed by atoms with van der Waals surface area (Å²) < 4.78 is 5.85. The van der Waals surface area contributed by atoms with E-state index in [0.717, 1.165) is 17.9 Å². The maximum absolute atomic E-state index is 12.5. The van der Waals surface area contributed by atoms with E-state index in [2.05, 4.69) is 34.5 Å². The summed E-state index contributed by atoms with van der Waals surface area (Å²) in [6.45, 7) is 7.96. The van der Waals surface area contributed by atoms with Crippen molar-refractivity contribution >= 4 is 5.91 Å². The molecule has 0 unspecified atom stereocenters. The zero-order valence-corrected chi connectivity index (χ0v) is 17.1. The molecule has 150 valence electrons. The van der Waals surface area contributed by atoms with E-state index < -0.39 is 6.10 Å². The van der Waals surface area contributed by atoms with E-state index in [-0.39, 0.29) is 5.91 Å². The van der Waals surface area contributed by atoms with E-state index in [1.165, 1.54) is 43.5 Å². The first kappa shape index (κ1) is 20.4. The molecule has 1 aliphatic rings. The lowest BCUT2D eigenvalue weighted by Crippen LogP contribution is -2.37. The number of ether oxygens (including phenoxy) is 1. The SMILES string of the molecule is CC[C@@H](Oc1ccc(C)cc1)C(=O)NCc1ccc(CN2CCCCC2)cc1. The number of nitrogens with zero attached hydrogens (tertiary/aromatic N) is 1. The van der Waals surface area contributed by atoms with Crippen molar-refractivity contribution in [3.05, 3.63) is 65.2 Å². The summed E-state index contributed by atoms with van der Waals surface area (Å²) >= 11 is 0. The molecule has 0 radical (unpaired) electrons. The molecule has 0 aliphatic carbocycles. The van der Waals surface area contributed by atoms with Gasteiger partial charge >= 0.3 is 0 Å². The number of nitrogens with one attached hydrogen (secondary N) is 1. The highest BCUT2D eigenvalue weighted by molar-refractivity contribution is 5.81. The van der Waals surface area contributed by atoms with E-state index in [9.17, 15) is 4.79 Å². The van der Waals surface area contributed by atoms with Gasteiger partial charge in [-0.25, -0.2) is 0 Å². The van der Waals surface area contributed by atoms with Gasteiger partial charge < -0.3 is 10.1 Å². The first-order valence-corrected chi connectivity index (χ1v) is 10.5. The Morgan fingerprint density at radius 3 is 2.29 bits per heavy atom. The van der Waals surface area contributed by atoms with Crippen molar-refractivity contribution in [1.82, 2.24) is 10.2 Å². The highest BCUT2D eigenvalue weighted by Gasteiger charge is 2.18. The Hall–Kier alpha value is -2.33. The number of benzene rings is 2. The third-order valence-corrected chi connectivity index (χ3v) is 5.31. The lowest BCUT2D eigenvalue weighted by atomic mass is 10.1. The summed E-state index contributed by atoms with van der Waals surface area (Å²) in [5.74, 6) is 0.662. The fourth-order valence-corrected chi connectivity index (χ4v) is 3.54. The molecule has 1 atom stereocenters. The number of likely N-dealkylation sites (tertiary alicyclic amines) is 1. The van der Waals surface area contributed by atoms with Gasteiger partial charge in [0.25, 0.3) is 5.91 Å². The minimum atomic E-state index is -0.471. The van der Waals surface area contributed by atoms with Crippen molar-refractivity contribution in [3.63, 3.8) is 0 Å². The molecular weight excluding hydrogens is 348 g/mol. The second-order valence-corrected chi connectivity index (χ2v) is 7.70. The van der Waals surface area contributed by atoms with Gasteiger partial charge in [-0.1, -0.05) is 55.3 Å². The average molecular weight is 381 g/mol. The lowest BCUT2D eigenvalue weighted by molar-refractivity contribution is -0.128. The van der Waals surface area contributed by atoms with E-state index in [1.54, 1.807) is 0 Å². The van der Waals surface area contributed by atoms with Gasteiger partial charge in [0.2, 0.25) is 0 Å². The van der Waals surface area contributed by atoms with Crippen LogP contribution in [0, 0.1) is 6.92 Å². The number of hydrogen-bond donors (Lipinski definition) is 1. The van der Waals surface area contributed by atoms with E-state index in [1.807, 2.05) is 38.1 Å². The van der Waals surface area contributed by atoms with Gasteiger partial charge in [-0.3, -0.25) is 9.69 Å². The molecule has 0 saturated carbocycles. The van der Waals surface area contributed by atoms with Crippen molar-refractivity contribution in [1.29, 1.82) is 0 Å². The summed E-state index contributed by atoms with van der Waals surface area (Å²) in [5, 5.41) is 3.01. The highest BCUT2D eigenvalue weighted by Crippen LogP contribution is 2.16. The van der Waals surface area contributed by atoms with Gasteiger partial charge in [-0.2, -0.15) is 0 Å². The topological polar surface area (TPSA) is 41.6 Å². The number of carbonyl (C=O) groups excluding carboxylic acids is 1. The van der Waals surface area contributed by atoms with E-state index >= 15 is 0 Å². The van der Waals surface area contributed by atoms with Crippen LogP contribution in [0.5, 0.6) is 5.75 Å². The first-order valence-electron chi connectivity index (χ1n) is 10.5. The summed E-state index contributed by atoms with van der Waals surface area (Å²) in [6.07, 6.45) is 4.15. The number of piperidine rings is 1. The maximum atomic E-state index is 12.5. The fraction of sp³-hybridized carbons (Fsp3) is 0.458. The Morgan fingerprint density at radius 1 is 1.00 bits per heavy atom. The van der Waals surface area contributed by atoms with Crippen LogP contribution < -0.4 is 10.1 Å². The van der Waals surface area contributed by atoms with Gasteiger partial charge in [0.05, 0.1) is 0 Å². The number of rotatable bonds is 8.